The molecule has 4 amide bonds. The number of hydrogen-bond acceptors (Lipinski definition) is 4. The van der Waals surface area contributed by atoms with Gasteiger partial charge in [0.05, 0.1) is 0 Å². The lowest BCUT2D eigenvalue weighted by Gasteiger charge is -2.16. The third kappa shape index (κ3) is 5.01. The van der Waals surface area contributed by atoms with Crippen molar-refractivity contribution >= 4 is 23.8 Å². The summed E-state index contributed by atoms with van der Waals surface area (Å²) in [5.41, 5.74) is 0. The van der Waals surface area contributed by atoms with E-state index in [0.717, 1.165) is 17.7 Å². The smallest absolute Gasteiger partial charge is 0.326 e. The van der Waals surface area contributed by atoms with E-state index in [9.17, 15) is 19.2 Å². The first kappa shape index (κ1) is 17.9. The first-order valence-electron chi connectivity index (χ1n) is 7.44. The molecule has 8 heteroatoms. The van der Waals surface area contributed by atoms with Crippen molar-refractivity contribution in [1.29, 1.82) is 0 Å². The quantitative estimate of drug-likeness (QED) is 0.600. The van der Waals surface area contributed by atoms with Gasteiger partial charge >= 0.3 is 12.0 Å². The van der Waals surface area contributed by atoms with Gasteiger partial charge in [-0.2, -0.15) is 0 Å². The van der Waals surface area contributed by atoms with Crippen LogP contribution in [0.15, 0.2) is 0 Å². The van der Waals surface area contributed by atoms with E-state index in [2.05, 4.69) is 5.32 Å². The van der Waals surface area contributed by atoms with Crippen LogP contribution >= 0.6 is 0 Å². The monoisotopic (exact) mass is 313 g/mol. The van der Waals surface area contributed by atoms with Crippen LogP contribution in [-0.4, -0.2) is 64.9 Å². The second kappa shape index (κ2) is 8.35. The van der Waals surface area contributed by atoms with Gasteiger partial charge in [-0.05, 0) is 12.8 Å². The highest BCUT2D eigenvalue weighted by molar-refractivity contribution is 6.01. The van der Waals surface area contributed by atoms with Crippen LogP contribution in [0.4, 0.5) is 4.79 Å². The van der Waals surface area contributed by atoms with Gasteiger partial charge < -0.3 is 15.3 Å². The highest BCUT2D eigenvalue weighted by Gasteiger charge is 2.32. The average molecular weight is 313 g/mol. The lowest BCUT2D eigenvalue weighted by molar-refractivity contribution is -0.142. The number of amides is 4. The minimum atomic E-state index is -1.05. The Morgan fingerprint density at radius 3 is 2.50 bits per heavy atom. The molecular weight excluding hydrogens is 290 g/mol. The number of likely N-dealkylation sites (N-methyl/N-ethyl adjacent to an activating group) is 1. The molecule has 124 valence electrons. The molecule has 1 atom stereocenters. The highest BCUT2D eigenvalue weighted by atomic mass is 16.4. The summed E-state index contributed by atoms with van der Waals surface area (Å²) >= 11 is 0. The second-order valence-corrected chi connectivity index (χ2v) is 5.39. The summed E-state index contributed by atoms with van der Waals surface area (Å²) in [7, 11) is 1.54. The Hall–Kier alpha value is -2.12. The van der Waals surface area contributed by atoms with Crippen molar-refractivity contribution in [2.75, 3.05) is 20.1 Å². The van der Waals surface area contributed by atoms with E-state index in [1.165, 1.54) is 11.9 Å². The van der Waals surface area contributed by atoms with Gasteiger partial charge in [0, 0.05) is 20.0 Å². The zero-order chi connectivity index (χ0) is 16.7. The van der Waals surface area contributed by atoms with Crippen molar-refractivity contribution < 1.29 is 24.3 Å². The Labute approximate surface area is 129 Å². The molecule has 1 aliphatic heterocycles. The molecule has 1 fully saturated rings. The first-order valence-corrected chi connectivity index (χ1v) is 7.44. The van der Waals surface area contributed by atoms with E-state index in [0.29, 0.717) is 12.8 Å². The minimum Gasteiger partial charge on any atom is -0.480 e. The second-order valence-electron chi connectivity index (χ2n) is 5.39. The summed E-state index contributed by atoms with van der Waals surface area (Å²) < 4.78 is 0. The Kier molecular flexibility index (Phi) is 6.81. The van der Waals surface area contributed by atoms with Gasteiger partial charge in [0.2, 0.25) is 11.8 Å². The Morgan fingerprint density at radius 2 is 2.00 bits per heavy atom. The molecule has 2 N–H and O–H groups in total. The maximum atomic E-state index is 11.7. The topological polar surface area (TPSA) is 107 Å². The van der Waals surface area contributed by atoms with Crippen LogP contribution in [0.25, 0.3) is 0 Å². The van der Waals surface area contributed by atoms with E-state index >= 15 is 0 Å². The van der Waals surface area contributed by atoms with Crippen LogP contribution in [0.1, 0.15) is 39.0 Å². The van der Waals surface area contributed by atoms with E-state index in [-0.39, 0.29) is 37.4 Å². The molecule has 0 aromatic carbocycles. The molecule has 1 aliphatic rings. The van der Waals surface area contributed by atoms with E-state index < -0.39 is 12.0 Å². The molecule has 22 heavy (non-hydrogen) atoms. The molecule has 0 bridgehead atoms. The van der Waals surface area contributed by atoms with Crippen LogP contribution < -0.4 is 5.32 Å². The summed E-state index contributed by atoms with van der Waals surface area (Å²) in [4.78, 5) is 48.4. The summed E-state index contributed by atoms with van der Waals surface area (Å²) in [6.07, 6.45) is 2.37. The van der Waals surface area contributed by atoms with Gasteiger partial charge in [-0.1, -0.05) is 19.8 Å². The first-order chi connectivity index (χ1) is 10.4. The van der Waals surface area contributed by atoms with Crippen molar-refractivity contribution in [2.24, 2.45) is 0 Å². The fourth-order valence-corrected chi connectivity index (χ4v) is 2.22. The summed E-state index contributed by atoms with van der Waals surface area (Å²) in [6.45, 7) is 2.17. The largest absolute Gasteiger partial charge is 0.480 e. The van der Waals surface area contributed by atoms with Crippen LogP contribution in [0.3, 0.4) is 0 Å². The van der Waals surface area contributed by atoms with E-state index in [1.54, 1.807) is 0 Å². The number of aliphatic carboxylic acids is 1. The zero-order valence-corrected chi connectivity index (χ0v) is 13.0. The van der Waals surface area contributed by atoms with Crippen LogP contribution in [-0.2, 0) is 14.4 Å². The van der Waals surface area contributed by atoms with Crippen LogP contribution in [0, 0.1) is 0 Å². The van der Waals surface area contributed by atoms with Gasteiger partial charge in [0.1, 0.15) is 12.6 Å². The molecule has 0 aliphatic carbocycles. The zero-order valence-electron chi connectivity index (χ0n) is 13.0. The SMILES string of the molecule is CCCCC(NC(=O)CCCN1C(=O)CN(C)C1=O)C(=O)O. The normalized spacial score (nSPS) is 16.1. The van der Waals surface area contributed by atoms with Gasteiger partial charge in [-0.15, -0.1) is 0 Å². The molecule has 1 rings (SSSR count). The summed E-state index contributed by atoms with van der Waals surface area (Å²) in [6, 6.07) is -1.24. The van der Waals surface area contributed by atoms with Gasteiger partial charge in [-0.3, -0.25) is 14.5 Å². The van der Waals surface area contributed by atoms with Crippen molar-refractivity contribution in [3.05, 3.63) is 0 Å². The lowest BCUT2D eigenvalue weighted by Crippen LogP contribution is -2.41. The van der Waals surface area contributed by atoms with Crippen molar-refractivity contribution in [3.63, 3.8) is 0 Å². The number of carbonyl (C=O) groups is 4. The number of carbonyl (C=O) groups excluding carboxylic acids is 3. The van der Waals surface area contributed by atoms with E-state index in [1.807, 2.05) is 6.92 Å². The number of carboxylic acid groups (broad SMARTS) is 1. The molecule has 0 spiro atoms. The van der Waals surface area contributed by atoms with Gasteiger partial charge in [0.15, 0.2) is 0 Å². The van der Waals surface area contributed by atoms with Crippen LogP contribution in [0.5, 0.6) is 0 Å². The predicted octanol–water partition coefficient (Wildman–Crippen LogP) is 0.420. The van der Waals surface area contributed by atoms with Crippen LogP contribution in [0.2, 0.25) is 0 Å². The molecule has 0 saturated carbocycles. The Bertz CT molecular complexity index is 452. The maximum absolute atomic E-state index is 11.7. The van der Waals surface area contributed by atoms with Crippen molar-refractivity contribution in [2.45, 2.75) is 45.1 Å². The molecule has 0 aromatic rings. The lowest BCUT2D eigenvalue weighted by atomic mass is 10.1. The molecule has 0 radical (unpaired) electrons. The fraction of sp³-hybridized carbons (Fsp3) is 0.714. The number of carboxylic acids is 1. The van der Waals surface area contributed by atoms with Crippen molar-refractivity contribution in [1.82, 2.24) is 15.1 Å². The molecule has 1 heterocycles. The fourth-order valence-electron chi connectivity index (χ4n) is 2.22. The molecule has 1 saturated heterocycles. The third-order valence-electron chi connectivity index (χ3n) is 3.50. The summed E-state index contributed by atoms with van der Waals surface area (Å²) in [5, 5.41) is 11.5. The number of hydrogen-bond donors (Lipinski definition) is 2. The molecular formula is C14H23N3O5. The number of urea groups is 1. The highest BCUT2D eigenvalue weighted by Crippen LogP contribution is 2.09. The predicted molar refractivity (Wildman–Crippen MR) is 78.1 cm³/mol. The third-order valence-corrected chi connectivity index (χ3v) is 3.50. The Morgan fingerprint density at radius 1 is 1.32 bits per heavy atom. The number of rotatable bonds is 9. The van der Waals surface area contributed by atoms with Crippen molar-refractivity contribution in [3.8, 4) is 0 Å². The number of nitrogens with one attached hydrogen (secondary N) is 1. The van der Waals surface area contributed by atoms with Gasteiger partial charge in [-0.25, -0.2) is 9.59 Å². The van der Waals surface area contributed by atoms with Gasteiger partial charge in [0.25, 0.3) is 0 Å². The maximum Gasteiger partial charge on any atom is 0.326 e. The molecule has 0 aromatic heterocycles. The summed E-state index contributed by atoms with van der Waals surface area (Å²) in [5.74, 6) is -1.71. The number of nitrogens with zero attached hydrogens (tertiary/aromatic N) is 2. The average Bonchev–Trinajstić information content (AvgIpc) is 2.69. The minimum absolute atomic E-state index is 0.0587. The Balaban J connectivity index is 2.35. The van der Waals surface area contributed by atoms with E-state index in [4.69, 9.17) is 5.11 Å². The molecule has 1 unspecified atom stereocenters. The number of imide groups is 1. The molecule has 8 nitrogen and oxygen atoms in total. The number of unbranched alkanes of at least 4 members (excludes halogenated alkanes) is 1. The standard InChI is InChI=1S/C14H23N3O5/c1-3-4-6-10(13(20)21)15-11(18)7-5-8-17-12(19)9-16(2)14(17)22/h10H,3-9H2,1-2H3,(H,15,18)(H,20,21).